The minimum Gasteiger partial charge on any atom is -0.504 e. The number of nitrogens with one attached hydrogen (secondary N) is 1. The topological polar surface area (TPSA) is 65.3 Å². The highest BCUT2D eigenvalue weighted by molar-refractivity contribution is 5.68. The number of fused-ring (bicyclic) bond motifs is 3. The first kappa shape index (κ1) is 14.6. The average molecular weight is 318 g/mol. The Morgan fingerprint density at radius 1 is 1.29 bits per heavy atom. The summed E-state index contributed by atoms with van der Waals surface area (Å²) in [5.74, 6) is 1.30. The SMILES string of the molecule is COc1cc(C2Nc3c(C#N)cccc3C3C=CCC32)ccc1O. The number of ether oxygens (including phenoxy) is 1. The molecular formula is C20H18N2O2. The van der Waals surface area contributed by atoms with Crippen LogP contribution < -0.4 is 10.1 Å². The third-order valence-electron chi connectivity index (χ3n) is 5.08. The van der Waals surface area contributed by atoms with Crippen molar-refractivity contribution in [2.24, 2.45) is 5.92 Å². The summed E-state index contributed by atoms with van der Waals surface area (Å²) in [5, 5.41) is 22.9. The van der Waals surface area contributed by atoms with E-state index in [1.165, 1.54) is 5.56 Å². The van der Waals surface area contributed by atoms with Crippen LogP contribution in [-0.4, -0.2) is 12.2 Å². The number of hydrogen-bond donors (Lipinski definition) is 2. The van der Waals surface area contributed by atoms with E-state index in [1.54, 1.807) is 13.2 Å². The zero-order valence-electron chi connectivity index (χ0n) is 13.4. The number of rotatable bonds is 2. The monoisotopic (exact) mass is 318 g/mol. The third-order valence-corrected chi connectivity index (χ3v) is 5.08. The second kappa shape index (κ2) is 5.61. The van der Waals surface area contributed by atoms with E-state index in [1.807, 2.05) is 24.3 Å². The van der Waals surface area contributed by atoms with Gasteiger partial charge in [0.25, 0.3) is 0 Å². The van der Waals surface area contributed by atoms with Gasteiger partial charge in [0.1, 0.15) is 6.07 Å². The van der Waals surface area contributed by atoms with Crippen LogP contribution in [0.25, 0.3) is 0 Å². The van der Waals surface area contributed by atoms with Crippen LogP contribution in [0.1, 0.15) is 35.1 Å². The van der Waals surface area contributed by atoms with Crippen LogP contribution in [0.3, 0.4) is 0 Å². The molecule has 4 heteroatoms. The molecule has 4 rings (SSSR count). The summed E-state index contributed by atoms with van der Waals surface area (Å²) in [6, 6.07) is 13.7. The number of hydrogen-bond acceptors (Lipinski definition) is 4. The molecule has 1 aliphatic heterocycles. The number of phenolic OH excluding ortho intramolecular Hbond substituents is 1. The number of allylic oxidation sites excluding steroid dienone is 2. The maximum atomic E-state index is 9.86. The van der Waals surface area contributed by atoms with Crippen LogP contribution in [0.15, 0.2) is 48.6 Å². The van der Waals surface area contributed by atoms with Gasteiger partial charge in [-0.3, -0.25) is 0 Å². The van der Waals surface area contributed by atoms with Gasteiger partial charge in [0, 0.05) is 5.92 Å². The predicted molar refractivity (Wildman–Crippen MR) is 92.2 cm³/mol. The quantitative estimate of drug-likeness (QED) is 0.818. The molecule has 2 aliphatic rings. The summed E-state index contributed by atoms with van der Waals surface area (Å²) >= 11 is 0. The lowest BCUT2D eigenvalue weighted by Gasteiger charge is -2.38. The summed E-state index contributed by atoms with van der Waals surface area (Å²) in [7, 11) is 1.55. The second-order valence-electron chi connectivity index (χ2n) is 6.29. The smallest absolute Gasteiger partial charge is 0.160 e. The third kappa shape index (κ3) is 2.13. The number of benzene rings is 2. The van der Waals surface area contributed by atoms with Crippen molar-refractivity contribution in [3.63, 3.8) is 0 Å². The van der Waals surface area contributed by atoms with Gasteiger partial charge >= 0.3 is 0 Å². The van der Waals surface area contributed by atoms with Crippen molar-refractivity contribution in [3.8, 4) is 17.6 Å². The summed E-state index contributed by atoms with van der Waals surface area (Å²) in [4.78, 5) is 0. The highest BCUT2D eigenvalue weighted by Crippen LogP contribution is 2.51. The van der Waals surface area contributed by atoms with Crippen molar-refractivity contribution in [1.29, 1.82) is 5.26 Å². The largest absolute Gasteiger partial charge is 0.504 e. The van der Waals surface area contributed by atoms with E-state index >= 15 is 0 Å². The van der Waals surface area contributed by atoms with E-state index in [4.69, 9.17) is 4.74 Å². The Morgan fingerprint density at radius 2 is 2.17 bits per heavy atom. The van der Waals surface area contributed by atoms with Crippen LogP contribution in [0.4, 0.5) is 5.69 Å². The highest BCUT2D eigenvalue weighted by atomic mass is 16.5. The molecule has 2 N–H and O–H groups in total. The molecule has 3 unspecified atom stereocenters. The van der Waals surface area contributed by atoms with Crippen LogP contribution in [0.2, 0.25) is 0 Å². The number of nitrogens with zero attached hydrogens (tertiary/aromatic N) is 1. The Kier molecular flexibility index (Phi) is 3.42. The summed E-state index contributed by atoms with van der Waals surface area (Å²) in [5.41, 5.74) is 3.84. The number of phenols is 1. The average Bonchev–Trinajstić information content (AvgIpc) is 3.11. The van der Waals surface area contributed by atoms with E-state index in [0.717, 1.165) is 17.7 Å². The van der Waals surface area contributed by atoms with E-state index in [0.29, 0.717) is 23.1 Å². The molecule has 0 aromatic heterocycles. The van der Waals surface area contributed by atoms with Crippen LogP contribution in [-0.2, 0) is 0 Å². The van der Waals surface area contributed by atoms with Crippen LogP contribution >= 0.6 is 0 Å². The molecule has 0 spiro atoms. The fraction of sp³-hybridized carbons (Fsp3) is 0.250. The molecule has 0 fully saturated rings. The first-order valence-corrected chi connectivity index (χ1v) is 8.06. The fourth-order valence-electron chi connectivity index (χ4n) is 3.93. The van der Waals surface area contributed by atoms with Gasteiger partial charge in [-0.25, -0.2) is 0 Å². The standard InChI is InChI=1S/C20H18N2O2/c1-24-18-10-12(8-9-17(18)23)19-15-7-3-5-14(15)16-6-2-4-13(11-21)20(16)22-19/h2-6,8-10,14-15,19,22-23H,7H2,1H3. The van der Waals surface area contributed by atoms with E-state index in [-0.39, 0.29) is 11.8 Å². The zero-order valence-corrected chi connectivity index (χ0v) is 13.4. The number of para-hydroxylation sites is 1. The number of anilines is 1. The maximum absolute atomic E-state index is 9.86. The minimum atomic E-state index is 0.0708. The molecule has 2 aromatic carbocycles. The zero-order chi connectivity index (χ0) is 16.7. The minimum absolute atomic E-state index is 0.0708. The number of methoxy groups -OCH3 is 1. The van der Waals surface area contributed by atoms with Crippen molar-refractivity contribution < 1.29 is 9.84 Å². The summed E-state index contributed by atoms with van der Waals surface area (Å²) < 4.78 is 5.26. The maximum Gasteiger partial charge on any atom is 0.160 e. The molecule has 4 nitrogen and oxygen atoms in total. The Hall–Kier alpha value is -2.93. The van der Waals surface area contributed by atoms with Crippen LogP contribution in [0.5, 0.6) is 11.5 Å². The molecule has 0 amide bonds. The first-order valence-electron chi connectivity index (χ1n) is 8.06. The van der Waals surface area contributed by atoms with Gasteiger partial charge in [-0.15, -0.1) is 0 Å². The van der Waals surface area contributed by atoms with Gasteiger partial charge in [0.15, 0.2) is 11.5 Å². The first-order chi connectivity index (χ1) is 11.7. The van der Waals surface area contributed by atoms with Crippen molar-refractivity contribution in [2.45, 2.75) is 18.4 Å². The Bertz CT molecular complexity index is 866. The molecule has 1 heterocycles. The molecule has 2 aromatic rings. The molecule has 120 valence electrons. The van der Waals surface area contributed by atoms with E-state index in [9.17, 15) is 10.4 Å². The van der Waals surface area contributed by atoms with Gasteiger partial charge in [0.2, 0.25) is 0 Å². The second-order valence-corrected chi connectivity index (χ2v) is 6.29. The molecule has 0 saturated heterocycles. The summed E-state index contributed by atoms with van der Waals surface area (Å²) in [6.45, 7) is 0. The van der Waals surface area contributed by atoms with Crippen molar-refractivity contribution >= 4 is 5.69 Å². The van der Waals surface area contributed by atoms with Gasteiger partial charge in [-0.1, -0.05) is 30.4 Å². The number of nitriles is 1. The van der Waals surface area contributed by atoms with Crippen LogP contribution in [0, 0.1) is 17.2 Å². The Labute approximate surface area is 141 Å². The highest BCUT2D eigenvalue weighted by Gasteiger charge is 2.38. The van der Waals surface area contributed by atoms with Gasteiger partial charge in [-0.05, 0) is 41.7 Å². The Morgan fingerprint density at radius 3 is 2.96 bits per heavy atom. The molecule has 1 aliphatic carbocycles. The van der Waals surface area contributed by atoms with Crippen molar-refractivity contribution in [2.75, 3.05) is 12.4 Å². The number of aromatic hydroxyl groups is 1. The Balaban J connectivity index is 1.82. The molecule has 0 radical (unpaired) electrons. The molecular weight excluding hydrogens is 300 g/mol. The lowest BCUT2D eigenvalue weighted by Crippen LogP contribution is -2.29. The molecule has 24 heavy (non-hydrogen) atoms. The van der Waals surface area contributed by atoms with Gasteiger partial charge in [0.05, 0.1) is 24.4 Å². The summed E-state index contributed by atoms with van der Waals surface area (Å²) in [6.07, 6.45) is 5.45. The lowest BCUT2D eigenvalue weighted by atomic mass is 9.76. The van der Waals surface area contributed by atoms with Crippen molar-refractivity contribution in [1.82, 2.24) is 0 Å². The van der Waals surface area contributed by atoms with Crippen molar-refractivity contribution in [3.05, 3.63) is 65.2 Å². The molecule has 0 bridgehead atoms. The van der Waals surface area contributed by atoms with E-state index in [2.05, 4.69) is 29.6 Å². The molecule has 3 atom stereocenters. The lowest BCUT2D eigenvalue weighted by molar-refractivity contribution is 0.370. The van der Waals surface area contributed by atoms with Gasteiger partial charge in [-0.2, -0.15) is 5.26 Å². The normalized spacial score (nSPS) is 23.8. The van der Waals surface area contributed by atoms with E-state index < -0.39 is 0 Å². The predicted octanol–water partition coefficient (Wildman–Crippen LogP) is 4.10. The molecule has 0 saturated carbocycles. The fourth-order valence-corrected chi connectivity index (χ4v) is 3.93. The van der Waals surface area contributed by atoms with Gasteiger partial charge < -0.3 is 15.2 Å².